The van der Waals surface area contributed by atoms with E-state index in [1.165, 1.54) is 0 Å². The monoisotopic (exact) mass is 496 g/mol. The van der Waals surface area contributed by atoms with Crippen LogP contribution in [0.15, 0.2) is 59.7 Å². The molecule has 0 radical (unpaired) electrons. The fraction of sp³-hybridized carbons (Fsp3) is 0.174. The van der Waals surface area contributed by atoms with Crippen molar-refractivity contribution >= 4 is 52.6 Å². The summed E-state index contributed by atoms with van der Waals surface area (Å²) in [5.41, 5.74) is 5.45. The maximum atomic E-state index is 6.47. The first kappa shape index (κ1) is 23.6. The molecule has 4 nitrogen and oxygen atoms in total. The molecule has 0 saturated heterocycles. The molecule has 0 atom stereocenters. The number of hydrogen-bond acceptors (Lipinski definition) is 4. The van der Waals surface area contributed by atoms with Gasteiger partial charge in [-0.3, -0.25) is 0 Å². The molecule has 3 aromatic rings. The van der Waals surface area contributed by atoms with Gasteiger partial charge in [-0.2, -0.15) is 5.10 Å². The van der Waals surface area contributed by atoms with Crippen molar-refractivity contribution in [3.05, 3.63) is 91.4 Å². The van der Waals surface area contributed by atoms with Crippen molar-refractivity contribution in [3.8, 4) is 11.5 Å². The molecule has 0 amide bonds. The Morgan fingerprint density at radius 3 is 2.29 bits per heavy atom. The Balaban J connectivity index is 1.70. The zero-order valence-corrected chi connectivity index (χ0v) is 19.7. The summed E-state index contributed by atoms with van der Waals surface area (Å²) in [7, 11) is 0. The molecule has 0 unspecified atom stereocenters. The van der Waals surface area contributed by atoms with Gasteiger partial charge in [-0.1, -0.05) is 64.6 Å². The lowest BCUT2D eigenvalue weighted by molar-refractivity contribution is 0.269. The van der Waals surface area contributed by atoms with Crippen LogP contribution in [0, 0.1) is 0 Å². The molecule has 0 bridgehead atoms. The Kier molecular flexibility index (Phi) is 8.73. The van der Waals surface area contributed by atoms with Crippen LogP contribution in [-0.2, 0) is 13.2 Å². The first-order valence-electron chi connectivity index (χ1n) is 9.50. The molecular weight excluding hydrogens is 478 g/mol. The van der Waals surface area contributed by atoms with Gasteiger partial charge in [0.25, 0.3) is 0 Å². The van der Waals surface area contributed by atoms with Crippen LogP contribution in [0.4, 0.5) is 0 Å². The predicted molar refractivity (Wildman–Crippen MR) is 129 cm³/mol. The fourth-order valence-electron chi connectivity index (χ4n) is 2.75. The van der Waals surface area contributed by atoms with Crippen LogP contribution in [-0.4, -0.2) is 12.8 Å². The van der Waals surface area contributed by atoms with E-state index in [0.29, 0.717) is 51.3 Å². The lowest BCUT2D eigenvalue weighted by atomic mass is 10.2. The smallest absolute Gasteiger partial charge is 0.180 e. The van der Waals surface area contributed by atoms with Gasteiger partial charge in [0.2, 0.25) is 0 Å². The molecule has 0 spiro atoms. The third kappa shape index (κ3) is 6.68. The Hall–Kier alpha value is -2.11. The van der Waals surface area contributed by atoms with Gasteiger partial charge in [-0.15, -0.1) is 0 Å². The van der Waals surface area contributed by atoms with E-state index >= 15 is 0 Å². The average molecular weight is 498 g/mol. The minimum absolute atomic E-state index is 0.338. The number of halogens is 4. The van der Waals surface area contributed by atoms with Crippen LogP contribution in [0.3, 0.4) is 0 Å². The molecular formula is C23H20Cl4N2O2. The molecule has 0 fully saturated rings. The molecule has 162 valence electrons. The summed E-state index contributed by atoms with van der Waals surface area (Å²) in [6.45, 7) is 3.10. The van der Waals surface area contributed by atoms with Gasteiger partial charge in [-0.05, 0) is 54.4 Å². The van der Waals surface area contributed by atoms with Crippen LogP contribution < -0.4 is 14.9 Å². The molecule has 0 aliphatic heterocycles. The number of nitrogens with zero attached hydrogens (tertiary/aromatic N) is 1. The van der Waals surface area contributed by atoms with Crippen LogP contribution in [0.1, 0.15) is 23.6 Å². The molecule has 3 rings (SSSR count). The van der Waals surface area contributed by atoms with E-state index in [1.54, 1.807) is 30.5 Å². The lowest BCUT2D eigenvalue weighted by Gasteiger charge is -2.14. The van der Waals surface area contributed by atoms with E-state index in [4.69, 9.17) is 55.9 Å². The average Bonchev–Trinajstić information content (AvgIpc) is 2.74. The Labute approximate surface area is 201 Å². The van der Waals surface area contributed by atoms with E-state index in [2.05, 4.69) is 10.5 Å². The van der Waals surface area contributed by atoms with E-state index in [1.807, 2.05) is 37.3 Å². The molecule has 8 heteroatoms. The first-order valence-corrected chi connectivity index (χ1v) is 11.0. The van der Waals surface area contributed by atoms with Gasteiger partial charge in [-0.25, -0.2) is 0 Å². The zero-order valence-electron chi connectivity index (χ0n) is 16.7. The van der Waals surface area contributed by atoms with Crippen LogP contribution in [0.2, 0.25) is 20.1 Å². The molecule has 0 aliphatic rings. The van der Waals surface area contributed by atoms with Crippen molar-refractivity contribution in [3.63, 3.8) is 0 Å². The van der Waals surface area contributed by atoms with Crippen molar-refractivity contribution in [2.75, 3.05) is 6.61 Å². The molecule has 1 N–H and O–H groups in total. The highest BCUT2D eigenvalue weighted by Crippen LogP contribution is 2.37. The molecule has 0 aromatic heterocycles. The second-order valence-corrected chi connectivity index (χ2v) is 8.13. The summed E-state index contributed by atoms with van der Waals surface area (Å²) >= 11 is 24.7. The van der Waals surface area contributed by atoms with Crippen molar-refractivity contribution in [1.29, 1.82) is 0 Å². The molecule has 0 heterocycles. The number of ether oxygens (including phenoxy) is 2. The normalized spacial score (nSPS) is 11.0. The second kappa shape index (κ2) is 11.5. The van der Waals surface area contributed by atoms with Gasteiger partial charge < -0.3 is 14.9 Å². The highest BCUT2D eigenvalue weighted by Gasteiger charge is 2.13. The summed E-state index contributed by atoms with van der Waals surface area (Å²) in [6.07, 6.45) is 1.64. The number of hydrogen-bond donors (Lipinski definition) is 1. The Bertz CT molecular complexity index is 1040. The summed E-state index contributed by atoms with van der Waals surface area (Å²) in [5.74, 6) is 1.02. The number of benzene rings is 3. The SMILES string of the molecule is CCOc1cc(/C=N/NCc2c(Cl)cccc2Cl)cc(Cl)c1OCc1ccc(Cl)cc1. The van der Waals surface area contributed by atoms with Gasteiger partial charge in [0.1, 0.15) is 6.61 Å². The van der Waals surface area contributed by atoms with Crippen molar-refractivity contribution in [2.45, 2.75) is 20.1 Å². The minimum atomic E-state index is 0.338. The van der Waals surface area contributed by atoms with Crippen LogP contribution >= 0.6 is 46.4 Å². The Morgan fingerprint density at radius 2 is 1.61 bits per heavy atom. The first-order chi connectivity index (χ1) is 15.0. The van der Waals surface area contributed by atoms with Gasteiger partial charge >= 0.3 is 0 Å². The van der Waals surface area contributed by atoms with Crippen molar-refractivity contribution < 1.29 is 9.47 Å². The van der Waals surface area contributed by atoms with Crippen LogP contribution in [0.5, 0.6) is 11.5 Å². The zero-order chi connectivity index (χ0) is 22.2. The summed E-state index contributed by atoms with van der Waals surface area (Å²) in [6, 6.07) is 16.4. The van der Waals surface area contributed by atoms with Gasteiger partial charge in [0.15, 0.2) is 11.5 Å². The van der Waals surface area contributed by atoms with Gasteiger partial charge in [0.05, 0.1) is 24.4 Å². The fourth-order valence-corrected chi connectivity index (χ4v) is 3.68. The van der Waals surface area contributed by atoms with Crippen molar-refractivity contribution in [1.82, 2.24) is 5.43 Å². The standard InChI is InChI=1S/C23H20Cl4N2O2/c1-2-30-22-11-16(12-28-29-13-18-19(25)4-3-5-20(18)26)10-21(27)23(22)31-14-15-6-8-17(24)9-7-15/h3-12,29H,2,13-14H2,1H3/b28-12+. The second-order valence-electron chi connectivity index (χ2n) is 6.47. The van der Waals surface area contributed by atoms with Crippen molar-refractivity contribution in [2.24, 2.45) is 5.10 Å². The molecule has 0 aliphatic carbocycles. The van der Waals surface area contributed by atoms with E-state index in [0.717, 1.165) is 16.7 Å². The quantitative estimate of drug-likeness (QED) is 0.247. The maximum Gasteiger partial charge on any atom is 0.180 e. The third-order valence-corrected chi connectivity index (χ3v) is 5.49. The van der Waals surface area contributed by atoms with Gasteiger partial charge in [0, 0.05) is 20.6 Å². The predicted octanol–water partition coefficient (Wildman–Crippen LogP) is 7.40. The number of rotatable bonds is 9. The Morgan fingerprint density at radius 1 is 0.903 bits per heavy atom. The highest BCUT2D eigenvalue weighted by atomic mass is 35.5. The topological polar surface area (TPSA) is 42.8 Å². The summed E-state index contributed by atoms with van der Waals surface area (Å²) in [5, 5.41) is 6.50. The molecule has 0 saturated carbocycles. The lowest BCUT2D eigenvalue weighted by Crippen LogP contribution is -2.07. The molecule has 3 aromatic carbocycles. The van der Waals surface area contributed by atoms with E-state index < -0.39 is 0 Å². The third-order valence-electron chi connectivity index (χ3n) is 4.25. The van der Waals surface area contributed by atoms with E-state index in [9.17, 15) is 0 Å². The molecule has 31 heavy (non-hydrogen) atoms. The summed E-state index contributed by atoms with van der Waals surface area (Å²) in [4.78, 5) is 0. The number of hydrazone groups is 1. The highest BCUT2D eigenvalue weighted by molar-refractivity contribution is 6.36. The summed E-state index contributed by atoms with van der Waals surface area (Å²) < 4.78 is 11.6. The largest absolute Gasteiger partial charge is 0.490 e. The number of nitrogens with one attached hydrogen (secondary N) is 1. The maximum absolute atomic E-state index is 6.47. The van der Waals surface area contributed by atoms with E-state index in [-0.39, 0.29) is 0 Å². The minimum Gasteiger partial charge on any atom is -0.490 e. The van der Waals surface area contributed by atoms with Crippen LogP contribution in [0.25, 0.3) is 0 Å².